The first-order valence-corrected chi connectivity index (χ1v) is 5.64. The summed E-state index contributed by atoms with van der Waals surface area (Å²) in [6.45, 7) is 0. The Morgan fingerprint density at radius 2 is 2.12 bits per heavy atom. The molecule has 1 saturated carbocycles. The summed E-state index contributed by atoms with van der Waals surface area (Å²) in [5.74, 6) is 0.0727. The number of aliphatic hydroxyl groups is 1. The lowest BCUT2D eigenvalue weighted by Gasteiger charge is -2.24. The molecule has 0 bridgehead atoms. The van der Waals surface area contributed by atoms with Crippen LogP contribution in [0, 0.1) is 5.92 Å². The minimum absolute atomic E-state index is 0.0311. The van der Waals surface area contributed by atoms with Gasteiger partial charge in [-0.3, -0.25) is 9.78 Å². The Morgan fingerprint density at radius 3 is 2.75 bits per heavy atom. The van der Waals surface area contributed by atoms with E-state index in [1.54, 1.807) is 18.5 Å². The fourth-order valence-electron chi connectivity index (χ4n) is 2.02. The van der Waals surface area contributed by atoms with E-state index in [4.69, 9.17) is 0 Å². The van der Waals surface area contributed by atoms with Crippen LogP contribution in [0.5, 0.6) is 0 Å². The summed E-state index contributed by atoms with van der Waals surface area (Å²) in [7, 11) is 0. The molecule has 4 heteroatoms. The Kier molecular flexibility index (Phi) is 3.51. The van der Waals surface area contributed by atoms with E-state index < -0.39 is 0 Å². The first-order valence-electron chi connectivity index (χ1n) is 5.64. The van der Waals surface area contributed by atoms with Crippen LogP contribution in [-0.2, 0) is 4.79 Å². The van der Waals surface area contributed by atoms with Crippen LogP contribution in [-0.4, -0.2) is 22.1 Å². The number of rotatable bonds is 2. The largest absolute Gasteiger partial charge is 0.393 e. The van der Waals surface area contributed by atoms with Gasteiger partial charge < -0.3 is 10.4 Å². The standard InChI is InChI=1S/C12H16N2O2/c15-11-5-3-9(4-6-11)12(16)14-10-2-1-7-13-8-10/h1-2,7-9,11,15H,3-6H2,(H,14,16). The highest BCUT2D eigenvalue weighted by Gasteiger charge is 2.25. The summed E-state index contributed by atoms with van der Waals surface area (Å²) in [6, 6.07) is 3.61. The van der Waals surface area contributed by atoms with Crippen LogP contribution in [0.2, 0.25) is 0 Å². The molecule has 0 saturated heterocycles. The molecule has 1 aliphatic rings. The van der Waals surface area contributed by atoms with E-state index in [1.807, 2.05) is 6.07 Å². The van der Waals surface area contributed by atoms with Crippen molar-refractivity contribution in [3.05, 3.63) is 24.5 Å². The fraction of sp³-hybridized carbons (Fsp3) is 0.500. The highest BCUT2D eigenvalue weighted by molar-refractivity contribution is 5.92. The second-order valence-electron chi connectivity index (χ2n) is 4.24. The Balaban J connectivity index is 1.89. The molecule has 0 aromatic carbocycles. The van der Waals surface area contributed by atoms with E-state index in [1.165, 1.54) is 0 Å². The van der Waals surface area contributed by atoms with Gasteiger partial charge in [-0.2, -0.15) is 0 Å². The highest BCUT2D eigenvalue weighted by Crippen LogP contribution is 2.25. The molecule has 1 aliphatic carbocycles. The van der Waals surface area contributed by atoms with Crippen molar-refractivity contribution in [1.82, 2.24) is 4.98 Å². The number of amides is 1. The molecule has 1 heterocycles. The number of aromatic nitrogens is 1. The van der Waals surface area contributed by atoms with Crippen LogP contribution in [0.15, 0.2) is 24.5 Å². The normalized spacial score (nSPS) is 25.1. The first kappa shape index (κ1) is 11.1. The second kappa shape index (κ2) is 5.07. The lowest BCUT2D eigenvalue weighted by atomic mass is 9.87. The van der Waals surface area contributed by atoms with Gasteiger partial charge in [-0.15, -0.1) is 0 Å². The summed E-state index contributed by atoms with van der Waals surface area (Å²) < 4.78 is 0. The maximum absolute atomic E-state index is 11.9. The van der Waals surface area contributed by atoms with E-state index in [0.717, 1.165) is 31.4 Å². The number of anilines is 1. The lowest BCUT2D eigenvalue weighted by molar-refractivity contribution is -0.121. The lowest BCUT2D eigenvalue weighted by Crippen LogP contribution is -2.28. The third kappa shape index (κ3) is 2.79. The quantitative estimate of drug-likeness (QED) is 0.795. The molecule has 2 rings (SSSR count). The molecular weight excluding hydrogens is 204 g/mol. The van der Waals surface area contributed by atoms with Crippen molar-refractivity contribution in [2.45, 2.75) is 31.8 Å². The average Bonchev–Trinajstić information content (AvgIpc) is 2.31. The van der Waals surface area contributed by atoms with E-state index >= 15 is 0 Å². The van der Waals surface area contributed by atoms with E-state index in [2.05, 4.69) is 10.3 Å². The smallest absolute Gasteiger partial charge is 0.227 e. The summed E-state index contributed by atoms with van der Waals surface area (Å²) in [5, 5.41) is 12.2. The zero-order valence-electron chi connectivity index (χ0n) is 9.10. The predicted molar refractivity (Wildman–Crippen MR) is 60.8 cm³/mol. The molecule has 0 aliphatic heterocycles. The highest BCUT2D eigenvalue weighted by atomic mass is 16.3. The molecule has 0 spiro atoms. The SMILES string of the molecule is O=C(Nc1cccnc1)C1CCC(O)CC1. The summed E-state index contributed by atoms with van der Waals surface area (Å²) in [6.07, 6.45) is 6.08. The number of nitrogens with zero attached hydrogens (tertiary/aromatic N) is 1. The maximum Gasteiger partial charge on any atom is 0.227 e. The van der Waals surface area contributed by atoms with Crippen molar-refractivity contribution in [1.29, 1.82) is 0 Å². The Bertz CT molecular complexity index is 345. The van der Waals surface area contributed by atoms with Crippen molar-refractivity contribution < 1.29 is 9.90 Å². The number of pyridine rings is 1. The molecule has 0 unspecified atom stereocenters. The van der Waals surface area contributed by atoms with Crippen molar-refractivity contribution >= 4 is 11.6 Å². The molecule has 1 aromatic rings. The van der Waals surface area contributed by atoms with Gasteiger partial charge in [-0.1, -0.05) is 0 Å². The van der Waals surface area contributed by atoms with Crippen LogP contribution in [0.1, 0.15) is 25.7 Å². The fourth-order valence-corrected chi connectivity index (χ4v) is 2.02. The number of hydrogen-bond acceptors (Lipinski definition) is 3. The van der Waals surface area contributed by atoms with Gasteiger partial charge in [0.25, 0.3) is 0 Å². The van der Waals surface area contributed by atoms with Gasteiger partial charge in [0, 0.05) is 12.1 Å². The van der Waals surface area contributed by atoms with Crippen molar-refractivity contribution in [2.75, 3.05) is 5.32 Å². The van der Waals surface area contributed by atoms with E-state index in [0.29, 0.717) is 0 Å². The number of carbonyl (C=O) groups excluding carboxylic acids is 1. The predicted octanol–water partition coefficient (Wildman–Crippen LogP) is 1.57. The van der Waals surface area contributed by atoms with Gasteiger partial charge in [0.15, 0.2) is 0 Å². The molecule has 1 amide bonds. The molecular formula is C12H16N2O2. The second-order valence-corrected chi connectivity index (χ2v) is 4.24. The molecule has 4 nitrogen and oxygen atoms in total. The van der Waals surface area contributed by atoms with Crippen LogP contribution in [0.4, 0.5) is 5.69 Å². The zero-order valence-corrected chi connectivity index (χ0v) is 9.10. The van der Waals surface area contributed by atoms with Gasteiger partial charge in [-0.25, -0.2) is 0 Å². The van der Waals surface area contributed by atoms with Crippen LogP contribution in [0.25, 0.3) is 0 Å². The Labute approximate surface area is 94.7 Å². The van der Waals surface area contributed by atoms with Gasteiger partial charge in [0.05, 0.1) is 18.0 Å². The van der Waals surface area contributed by atoms with E-state index in [-0.39, 0.29) is 17.9 Å². The van der Waals surface area contributed by atoms with Gasteiger partial charge in [0.1, 0.15) is 0 Å². The third-order valence-corrected chi connectivity index (χ3v) is 3.00. The Hall–Kier alpha value is -1.42. The van der Waals surface area contributed by atoms with Crippen LogP contribution < -0.4 is 5.32 Å². The maximum atomic E-state index is 11.9. The molecule has 0 atom stereocenters. The molecule has 1 fully saturated rings. The molecule has 2 N–H and O–H groups in total. The molecule has 0 radical (unpaired) electrons. The first-order chi connectivity index (χ1) is 7.75. The summed E-state index contributed by atoms with van der Waals surface area (Å²) in [5.41, 5.74) is 0.735. The molecule has 16 heavy (non-hydrogen) atoms. The van der Waals surface area contributed by atoms with Crippen LogP contribution >= 0.6 is 0 Å². The third-order valence-electron chi connectivity index (χ3n) is 3.00. The van der Waals surface area contributed by atoms with Gasteiger partial charge in [-0.05, 0) is 37.8 Å². The number of nitrogens with one attached hydrogen (secondary N) is 1. The molecule has 86 valence electrons. The summed E-state index contributed by atoms with van der Waals surface area (Å²) in [4.78, 5) is 15.8. The topological polar surface area (TPSA) is 62.2 Å². The zero-order chi connectivity index (χ0) is 11.4. The summed E-state index contributed by atoms with van der Waals surface area (Å²) >= 11 is 0. The van der Waals surface area contributed by atoms with Gasteiger partial charge >= 0.3 is 0 Å². The van der Waals surface area contributed by atoms with Crippen molar-refractivity contribution in [3.8, 4) is 0 Å². The number of aliphatic hydroxyl groups excluding tert-OH is 1. The van der Waals surface area contributed by atoms with Crippen molar-refractivity contribution in [2.24, 2.45) is 5.92 Å². The van der Waals surface area contributed by atoms with Crippen LogP contribution in [0.3, 0.4) is 0 Å². The molecule has 1 aromatic heterocycles. The number of carbonyl (C=O) groups is 1. The van der Waals surface area contributed by atoms with Gasteiger partial charge in [0.2, 0.25) is 5.91 Å². The van der Waals surface area contributed by atoms with Crippen molar-refractivity contribution in [3.63, 3.8) is 0 Å². The number of hydrogen-bond donors (Lipinski definition) is 2. The minimum atomic E-state index is -0.220. The van der Waals surface area contributed by atoms with E-state index in [9.17, 15) is 9.90 Å². The monoisotopic (exact) mass is 220 g/mol. The average molecular weight is 220 g/mol. The Morgan fingerprint density at radius 1 is 1.38 bits per heavy atom. The minimum Gasteiger partial charge on any atom is -0.393 e.